The second-order valence-corrected chi connectivity index (χ2v) is 6.34. The molecule has 0 aromatic heterocycles. The number of piperazine rings is 1. The normalized spacial score (nSPS) is 38.8. The summed E-state index contributed by atoms with van der Waals surface area (Å²) in [7, 11) is 0. The van der Waals surface area contributed by atoms with Crippen molar-refractivity contribution >= 4 is 0 Å². The molecule has 3 atom stereocenters. The Morgan fingerprint density at radius 3 is 2.67 bits per heavy atom. The predicted octanol–water partition coefficient (Wildman–Crippen LogP) is 1.69. The van der Waals surface area contributed by atoms with E-state index in [0.29, 0.717) is 0 Å². The topological polar surface area (TPSA) is 18.5 Å². The van der Waals surface area contributed by atoms with Crippen LogP contribution in [-0.2, 0) is 0 Å². The summed E-state index contributed by atoms with van der Waals surface area (Å²) in [6.07, 6.45) is 8.55. The van der Waals surface area contributed by atoms with Crippen molar-refractivity contribution in [2.45, 2.75) is 63.6 Å². The SMILES string of the molecule is CCNC1CCCCC1N1CCN2CCCC2C1. The van der Waals surface area contributed by atoms with Crippen LogP contribution in [0.4, 0.5) is 0 Å². The van der Waals surface area contributed by atoms with Crippen molar-refractivity contribution < 1.29 is 0 Å². The number of likely N-dealkylation sites (N-methyl/N-ethyl adjacent to an activating group) is 1. The number of rotatable bonds is 3. The van der Waals surface area contributed by atoms with Crippen LogP contribution in [0.2, 0.25) is 0 Å². The Bertz CT molecular complexity index is 266. The zero-order chi connectivity index (χ0) is 12.4. The van der Waals surface area contributed by atoms with Crippen molar-refractivity contribution in [2.24, 2.45) is 0 Å². The molecule has 0 aromatic rings. The molecule has 3 unspecified atom stereocenters. The van der Waals surface area contributed by atoms with Gasteiger partial charge in [0.05, 0.1) is 0 Å². The van der Waals surface area contributed by atoms with Gasteiger partial charge in [0.25, 0.3) is 0 Å². The quantitative estimate of drug-likeness (QED) is 0.823. The minimum Gasteiger partial charge on any atom is -0.313 e. The van der Waals surface area contributed by atoms with Gasteiger partial charge in [-0.25, -0.2) is 0 Å². The molecule has 2 aliphatic heterocycles. The molecule has 3 aliphatic rings. The van der Waals surface area contributed by atoms with Gasteiger partial charge in [-0.1, -0.05) is 19.8 Å². The average Bonchev–Trinajstić information content (AvgIpc) is 2.87. The molecule has 3 rings (SSSR count). The van der Waals surface area contributed by atoms with Crippen molar-refractivity contribution in [1.82, 2.24) is 15.1 Å². The first-order valence-electron chi connectivity index (χ1n) is 8.10. The second kappa shape index (κ2) is 5.89. The van der Waals surface area contributed by atoms with E-state index >= 15 is 0 Å². The Kier molecular flexibility index (Phi) is 4.22. The fraction of sp³-hybridized carbons (Fsp3) is 1.00. The first-order valence-corrected chi connectivity index (χ1v) is 8.10. The van der Waals surface area contributed by atoms with Gasteiger partial charge in [0.2, 0.25) is 0 Å². The van der Waals surface area contributed by atoms with Crippen LogP contribution in [-0.4, -0.2) is 60.6 Å². The van der Waals surface area contributed by atoms with E-state index < -0.39 is 0 Å². The van der Waals surface area contributed by atoms with E-state index in [2.05, 4.69) is 22.0 Å². The molecule has 0 aromatic carbocycles. The van der Waals surface area contributed by atoms with Gasteiger partial charge in [-0.2, -0.15) is 0 Å². The monoisotopic (exact) mass is 251 g/mol. The molecule has 3 nitrogen and oxygen atoms in total. The number of nitrogens with one attached hydrogen (secondary N) is 1. The van der Waals surface area contributed by atoms with Gasteiger partial charge in [0.15, 0.2) is 0 Å². The van der Waals surface area contributed by atoms with Gasteiger partial charge < -0.3 is 5.32 Å². The molecule has 1 aliphatic carbocycles. The van der Waals surface area contributed by atoms with Crippen LogP contribution < -0.4 is 5.32 Å². The Labute approximate surface area is 112 Å². The van der Waals surface area contributed by atoms with E-state index in [-0.39, 0.29) is 0 Å². The molecule has 104 valence electrons. The van der Waals surface area contributed by atoms with Crippen LogP contribution in [0.5, 0.6) is 0 Å². The molecule has 3 heteroatoms. The molecule has 0 spiro atoms. The summed E-state index contributed by atoms with van der Waals surface area (Å²) in [6, 6.07) is 2.46. The highest BCUT2D eigenvalue weighted by atomic mass is 15.3. The Morgan fingerprint density at radius 1 is 0.944 bits per heavy atom. The zero-order valence-corrected chi connectivity index (χ0v) is 11.9. The smallest absolute Gasteiger partial charge is 0.0250 e. The summed E-state index contributed by atoms with van der Waals surface area (Å²) < 4.78 is 0. The highest BCUT2D eigenvalue weighted by molar-refractivity contribution is 4.94. The summed E-state index contributed by atoms with van der Waals surface area (Å²) in [5.74, 6) is 0. The lowest BCUT2D eigenvalue weighted by Gasteiger charge is -2.46. The largest absolute Gasteiger partial charge is 0.313 e. The van der Waals surface area contributed by atoms with Crippen molar-refractivity contribution in [3.05, 3.63) is 0 Å². The summed E-state index contributed by atoms with van der Waals surface area (Å²) >= 11 is 0. The third kappa shape index (κ3) is 2.59. The molecule has 18 heavy (non-hydrogen) atoms. The highest BCUT2D eigenvalue weighted by Crippen LogP contribution is 2.28. The lowest BCUT2D eigenvalue weighted by atomic mass is 9.88. The molecule has 1 saturated carbocycles. The predicted molar refractivity (Wildman–Crippen MR) is 75.9 cm³/mol. The lowest BCUT2D eigenvalue weighted by Crippen LogP contribution is -2.59. The van der Waals surface area contributed by atoms with Gasteiger partial charge in [0, 0.05) is 37.8 Å². The maximum Gasteiger partial charge on any atom is 0.0250 e. The second-order valence-electron chi connectivity index (χ2n) is 6.34. The third-order valence-electron chi connectivity index (χ3n) is 5.28. The molecule has 3 fully saturated rings. The standard InChI is InChI=1S/C15H29N3/c1-2-16-14-7-3-4-8-15(14)18-11-10-17-9-5-6-13(17)12-18/h13-16H,2-12H2,1H3. The molecule has 0 bridgehead atoms. The molecule has 0 amide bonds. The summed E-state index contributed by atoms with van der Waals surface area (Å²) in [6.45, 7) is 8.71. The maximum atomic E-state index is 3.74. The Morgan fingerprint density at radius 2 is 1.78 bits per heavy atom. The van der Waals surface area contributed by atoms with Crippen LogP contribution in [0, 0.1) is 0 Å². The Balaban J connectivity index is 1.61. The molecule has 0 radical (unpaired) electrons. The number of hydrogen-bond acceptors (Lipinski definition) is 3. The van der Waals surface area contributed by atoms with Gasteiger partial charge in [-0.3, -0.25) is 9.80 Å². The van der Waals surface area contributed by atoms with E-state index in [1.807, 2.05) is 0 Å². The molecule has 2 heterocycles. The fourth-order valence-electron chi connectivity index (χ4n) is 4.37. The van der Waals surface area contributed by atoms with Crippen LogP contribution in [0.1, 0.15) is 45.4 Å². The minimum atomic E-state index is 0.761. The van der Waals surface area contributed by atoms with E-state index in [9.17, 15) is 0 Å². The lowest BCUT2D eigenvalue weighted by molar-refractivity contribution is 0.0428. The molecular formula is C15H29N3. The van der Waals surface area contributed by atoms with E-state index in [0.717, 1.165) is 24.7 Å². The number of fused-ring (bicyclic) bond motifs is 1. The van der Waals surface area contributed by atoms with Crippen molar-refractivity contribution in [1.29, 1.82) is 0 Å². The number of nitrogens with zero attached hydrogens (tertiary/aromatic N) is 2. The van der Waals surface area contributed by atoms with Crippen LogP contribution in [0.15, 0.2) is 0 Å². The molecular weight excluding hydrogens is 222 g/mol. The van der Waals surface area contributed by atoms with E-state index in [1.165, 1.54) is 64.7 Å². The minimum absolute atomic E-state index is 0.761. The molecule has 1 N–H and O–H groups in total. The van der Waals surface area contributed by atoms with Crippen molar-refractivity contribution in [2.75, 3.05) is 32.7 Å². The summed E-state index contributed by atoms with van der Waals surface area (Å²) in [5, 5.41) is 3.74. The highest BCUT2D eigenvalue weighted by Gasteiger charge is 2.36. The summed E-state index contributed by atoms with van der Waals surface area (Å²) in [4.78, 5) is 5.54. The van der Waals surface area contributed by atoms with E-state index in [4.69, 9.17) is 0 Å². The molecule has 2 saturated heterocycles. The zero-order valence-electron chi connectivity index (χ0n) is 11.9. The summed E-state index contributed by atoms with van der Waals surface area (Å²) in [5.41, 5.74) is 0. The average molecular weight is 251 g/mol. The number of hydrogen-bond donors (Lipinski definition) is 1. The van der Waals surface area contributed by atoms with Gasteiger partial charge >= 0.3 is 0 Å². The van der Waals surface area contributed by atoms with E-state index in [1.54, 1.807) is 0 Å². The maximum absolute atomic E-state index is 3.74. The third-order valence-corrected chi connectivity index (χ3v) is 5.28. The van der Waals surface area contributed by atoms with Gasteiger partial charge in [-0.05, 0) is 38.8 Å². The van der Waals surface area contributed by atoms with Crippen molar-refractivity contribution in [3.8, 4) is 0 Å². The first kappa shape index (κ1) is 12.9. The van der Waals surface area contributed by atoms with Gasteiger partial charge in [0.1, 0.15) is 0 Å². The van der Waals surface area contributed by atoms with Crippen LogP contribution in [0.3, 0.4) is 0 Å². The first-order chi connectivity index (χ1) is 8.88. The van der Waals surface area contributed by atoms with Crippen molar-refractivity contribution in [3.63, 3.8) is 0 Å². The Hall–Kier alpha value is -0.120. The van der Waals surface area contributed by atoms with Crippen LogP contribution >= 0.6 is 0 Å². The van der Waals surface area contributed by atoms with Gasteiger partial charge in [-0.15, -0.1) is 0 Å². The van der Waals surface area contributed by atoms with Crippen LogP contribution in [0.25, 0.3) is 0 Å². The fourth-order valence-corrected chi connectivity index (χ4v) is 4.37.